The summed E-state index contributed by atoms with van der Waals surface area (Å²) in [5.41, 5.74) is 1.13. The van der Waals surface area contributed by atoms with Crippen LogP contribution < -0.4 is 4.74 Å². The van der Waals surface area contributed by atoms with E-state index >= 15 is 0 Å². The molecule has 92 valence electrons. The molecule has 0 amide bonds. The van der Waals surface area contributed by atoms with Crippen molar-refractivity contribution in [3.63, 3.8) is 0 Å². The molecule has 0 N–H and O–H groups in total. The molecular weight excluding hydrogens is 316 g/mol. The molecule has 2 nitrogen and oxygen atoms in total. The van der Waals surface area contributed by atoms with Crippen molar-refractivity contribution in [3.05, 3.63) is 63.1 Å². The molecule has 0 heterocycles. The Bertz CT molecular complexity index is 596. The third kappa shape index (κ3) is 2.74. The number of carbonyl (C=O) groups excluding carboxylic acids is 1. The van der Waals surface area contributed by atoms with Crippen LogP contribution in [0.25, 0.3) is 0 Å². The number of rotatable bonds is 3. The molecule has 0 fully saturated rings. The average molecular weight is 326 g/mol. The van der Waals surface area contributed by atoms with E-state index in [0.717, 1.165) is 4.47 Å². The van der Waals surface area contributed by atoms with Crippen molar-refractivity contribution in [1.82, 2.24) is 0 Å². The molecule has 2 aromatic rings. The Morgan fingerprint density at radius 1 is 1.17 bits per heavy atom. The smallest absolute Gasteiger partial charge is 0.193 e. The van der Waals surface area contributed by atoms with Crippen LogP contribution in [0.1, 0.15) is 15.9 Å². The number of ether oxygens (including phenoxy) is 1. The summed E-state index contributed by atoms with van der Waals surface area (Å²) in [4.78, 5) is 12.2. The molecular formula is C14H10BrClO2. The van der Waals surface area contributed by atoms with Gasteiger partial charge in [-0.25, -0.2) is 0 Å². The van der Waals surface area contributed by atoms with E-state index in [1.54, 1.807) is 49.6 Å². The van der Waals surface area contributed by atoms with Crippen LogP contribution in [-0.4, -0.2) is 12.9 Å². The quantitative estimate of drug-likeness (QED) is 0.785. The van der Waals surface area contributed by atoms with E-state index < -0.39 is 0 Å². The van der Waals surface area contributed by atoms with E-state index in [4.69, 9.17) is 16.3 Å². The van der Waals surface area contributed by atoms with Gasteiger partial charge in [0.25, 0.3) is 0 Å². The Labute approximate surface area is 119 Å². The summed E-state index contributed by atoms with van der Waals surface area (Å²) in [6, 6.07) is 12.2. The van der Waals surface area contributed by atoms with Gasteiger partial charge in [-0.1, -0.05) is 23.7 Å². The average Bonchev–Trinajstić information content (AvgIpc) is 2.41. The lowest BCUT2D eigenvalue weighted by Gasteiger charge is -2.05. The van der Waals surface area contributed by atoms with Gasteiger partial charge in [0.15, 0.2) is 5.78 Å². The van der Waals surface area contributed by atoms with Crippen LogP contribution >= 0.6 is 27.5 Å². The summed E-state index contributed by atoms with van der Waals surface area (Å²) < 4.78 is 5.87. The topological polar surface area (TPSA) is 26.3 Å². The van der Waals surface area contributed by atoms with Crippen molar-refractivity contribution in [2.24, 2.45) is 0 Å². The second-order valence-electron chi connectivity index (χ2n) is 3.69. The summed E-state index contributed by atoms with van der Waals surface area (Å²) in [7, 11) is 1.57. The highest BCUT2D eigenvalue weighted by molar-refractivity contribution is 9.10. The van der Waals surface area contributed by atoms with E-state index in [1.807, 2.05) is 0 Å². The van der Waals surface area contributed by atoms with Crippen LogP contribution in [0, 0.1) is 0 Å². The lowest BCUT2D eigenvalue weighted by atomic mass is 10.0. The molecule has 0 unspecified atom stereocenters. The molecule has 0 radical (unpaired) electrons. The minimum atomic E-state index is -0.0803. The largest absolute Gasteiger partial charge is 0.497 e. The number of ketones is 1. The summed E-state index contributed by atoms with van der Waals surface area (Å²) >= 11 is 9.27. The summed E-state index contributed by atoms with van der Waals surface area (Å²) in [5, 5.41) is 0.517. The fourth-order valence-electron chi connectivity index (χ4n) is 1.57. The fourth-order valence-corrected chi connectivity index (χ4v) is 2.00. The zero-order valence-electron chi connectivity index (χ0n) is 9.61. The van der Waals surface area contributed by atoms with Crippen molar-refractivity contribution < 1.29 is 9.53 Å². The number of methoxy groups -OCH3 is 1. The minimum absolute atomic E-state index is 0.0803. The number of halogens is 2. The normalized spacial score (nSPS) is 10.2. The first-order valence-corrected chi connectivity index (χ1v) is 6.42. The Balaban J connectivity index is 2.38. The maximum atomic E-state index is 12.2. The molecule has 18 heavy (non-hydrogen) atoms. The van der Waals surface area contributed by atoms with Crippen molar-refractivity contribution in [1.29, 1.82) is 0 Å². The third-order valence-corrected chi connectivity index (χ3v) is 3.75. The Kier molecular flexibility index (Phi) is 4.04. The van der Waals surface area contributed by atoms with Gasteiger partial charge in [-0.3, -0.25) is 4.79 Å². The third-order valence-electron chi connectivity index (χ3n) is 2.51. The Morgan fingerprint density at radius 2 is 1.89 bits per heavy atom. The molecule has 0 bridgehead atoms. The molecule has 4 heteroatoms. The van der Waals surface area contributed by atoms with Gasteiger partial charge in [0.05, 0.1) is 12.1 Å². The van der Waals surface area contributed by atoms with Crippen LogP contribution in [0.2, 0.25) is 5.02 Å². The van der Waals surface area contributed by atoms with E-state index in [9.17, 15) is 4.79 Å². The number of hydrogen-bond acceptors (Lipinski definition) is 2. The van der Waals surface area contributed by atoms with Gasteiger partial charge in [-0.15, -0.1) is 0 Å². The number of benzene rings is 2. The second-order valence-corrected chi connectivity index (χ2v) is 4.95. The van der Waals surface area contributed by atoms with Crippen LogP contribution in [0.3, 0.4) is 0 Å². The molecule has 0 aliphatic rings. The Morgan fingerprint density at radius 3 is 2.56 bits per heavy atom. The van der Waals surface area contributed by atoms with Crippen LogP contribution in [0.4, 0.5) is 0 Å². The molecule has 0 saturated heterocycles. The van der Waals surface area contributed by atoms with Gasteiger partial charge in [0, 0.05) is 15.6 Å². The monoisotopic (exact) mass is 324 g/mol. The van der Waals surface area contributed by atoms with Gasteiger partial charge >= 0.3 is 0 Å². The van der Waals surface area contributed by atoms with Gasteiger partial charge in [-0.2, -0.15) is 0 Å². The minimum Gasteiger partial charge on any atom is -0.497 e. The van der Waals surface area contributed by atoms with Crippen LogP contribution in [0.5, 0.6) is 5.75 Å². The zero-order chi connectivity index (χ0) is 13.1. The molecule has 0 aliphatic heterocycles. The molecule has 2 aromatic carbocycles. The maximum Gasteiger partial charge on any atom is 0.193 e. The van der Waals surface area contributed by atoms with Gasteiger partial charge in [0.2, 0.25) is 0 Å². The van der Waals surface area contributed by atoms with E-state index in [1.165, 1.54) is 0 Å². The molecule has 0 atom stereocenters. The first-order chi connectivity index (χ1) is 8.61. The standard InChI is InChI=1S/C14H10BrClO2/c1-18-11-4-2-3-9(7-11)14(17)10-5-6-12(15)13(16)8-10/h2-8H,1H3. The highest BCUT2D eigenvalue weighted by Crippen LogP contribution is 2.25. The summed E-state index contributed by atoms with van der Waals surface area (Å²) in [6.07, 6.45) is 0. The second kappa shape index (κ2) is 5.55. The summed E-state index contributed by atoms with van der Waals surface area (Å²) in [6.45, 7) is 0. The lowest BCUT2D eigenvalue weighted by Crippen LogP contribution is -2.01. The highest BCUT2D eigenvalue weighted by Gasteiger charge is 2.11. The number of hydrogen-bond donors (Lipinski definition) is 0. The van der Waals surface area contributed by atoms with E-state index in [0.29, 0.717) is 21.9 Å². The predicted molar refractivity (Wildman–Crippen MR) is 75.6 cm³/mol. The molecule has 0 saturated carbocycles. The van der Waals surface area contributed by atoms with Crippen molar-refractivity contribution in [2.45, 2.75) is 0 Å². The van der Waals surface area contributed by atoms with Gasteiger partial charge < -0.3 is 4.74 Å². The zero-order valence-corrected chi connectivity index (χ0v) is 12.0. The van der Waals surface area contributed by atoms with Crippen molar-refractivity contribution >= 4 is 33.3 Å². The highest BCUT2D eigenvalue weighted by atomic mass is 79.9. The number of carbonyl (C=O) groups is 1. The van der Waals surface area contributed by atoms with Crippen LogP contribution in [-0.2, 0) is 0 Å². The van der Waals surface area contributed by atoms with Gasteiger partial charge in [-0.05, 0) is 46.3 Å². The van der Waals surface area contributed by atoms with Crippen molar-refractivity contribution in [2.75, 3.05) is 7.11 Å². The molecule has 0 aromatic heterocycles. The van der Waals surface area contributed by atoms with Crippen molar-refractivity contribution in [3.8, 4) is 5.75 Å². The maximum absolute atomic E-state index is 12.2. The SMILES string of the molecule is COc1cccc(C(=O)c2ccc(Br)c(Cl)c2)c1. The molecule has 0 aliphatic carbocycles. The predicted octanol–water partition coefficient (Wildman–Crippen LogP) is 4.34. The first kappa shape index (κ1) is 13.1. The fraction of sp³-hybridized carbons (Fsp3) is 0.0714. The Hall–Kier alpha value is -1.32. The van der Waals surface area contributed by atoms with E-state index in [2.05, 4.69) is 15.9 Å². The van der Waals surface area contributed by atoms with Crippen LogP contribution in [0.15, 0.2) is 46.9 Å². The first-order valence-electron chi connectivity index (χ1n) is 5.25. The lowest BCUT2D eigenvalue weighted by molar-refractivity contribution is 0.103. The van der Waals surface area contributed by atoms with E-state index in [-0.39, 0.29) is 5.78 Å². The summed E-state index contributed by atoms with van der Waals surface area (Å²) in [5.74, 6) is 0.576. The molecule has 0 spiro atoms. The molecule has 2 rings (SSSR count). The van der Waals surface area contributed by atoms with Gasteiger partial charge in [0.1, 0.15) is 5.75 Å².